The van der Waals surface area contributed by atoms with Crippen LogP contribution in [-0.2, 0) is 19.1 Å². The van der Waals surface area contributed by atoms with Crippen LogP contribution in [0.2, 0.25) is 5.02 Å². The Bertz CT molecular complexity index is 1400. The fourth-order valence-electron chi connectivity index (χ4n) is 7.81. The summed E-state index contributed by atoms with van der Waals surface area (Å²) in [5, 5.41) is 9.81. The van der Waals surface area contributed by atoms with E-state index in [0.717, 1.165) is 18.5 Å². The van der Waals surface area contributed by atoms with E-state index in [1.54, 1.807) is 51.1 Å². The molecule has 3 aliphatic heterocycles. The minimum absolute atomic E-state index is 0.117. The van der Waals surface area contributed by atoms with Gasteiger partial charge in [0, 0.05) is 42.6 Å². The second kappa shape index (κ2) is 13.9. The molecule has 8 nitrogen and oxygen atoms in total. The van der Waals surface area contributed by atoms with Crippen LogP contribution >= 0.6 is 11.6 Å². The zero-order chi connectivity index (χ0) is 32.2. The molecule has 2 unspecified atom stereocenters. The van der Waals surface area contributed by atoms with Gasteiger partial charge >= 0.3 is 0 Å². The number of aliphatic hydroxyl groups excluding tert-OH is 1. The van der Waals surface area contributed by atoms with E-state index in [9.17, 15) is 19.5 Å². The number of hydrogen-bond acceptors (Lipinski definition) is 5. The summed E-state index contributed by atoms with van der Waals surface area (Å²) in [5.41, 5.74) is -0.630. The summed E-state index contributed by atoms with van der Waals surface area (Å²) in [6.45, 7) is 10.8. The minimum Gasteiger partial charge on any atom is -0.396 e. The lowest BCUT2D eigenvalue weighted by atomic mass is 9.64. The molecule has 45 heavy (non-hydrogen) atoms. The third-order valence-electron chi connectivity index (χ3n) is 9.85. The predicted molar refractivity (Wildman–Crippen MR) is 177 cm³/mol. The first-order valence-electron chi connectivity index (χ1n) is 16.0. The quantitative estimate of drug-likeness (QED) is 0.198. The normalized spacial score (nSPS) is 26.5. The van der Waals surface area contributed by atoms with Crippen molar-refractivity contribution in [2.24, 2.45) is 11.8 Å². The zero-order valence-electron chi connectivity index (χ0n) is 26.1. The standard InChI is InChI=1S/C36H44ClN3O5/c1-4-22-38(27-14-10-9-11-15-27)32(42)29-30-33(43)40(24-12-7-8-13-25-41)31(36(30)21-20-35(29,6-3)45-36)34(44)39(23-5-2)28-18-16-26(37)17-19-28/h4-5,9-11,14-19,29-31,41H,1-2,6-8,12-13,20-25H2,3H3/t29-,30+,31?,35+,36?/m1/s1. The van der Waals surface area contributed by atoms with Crippen LogP contribution in [0.25, 0.3) is 0 Å². The number of hydrogen-bond donors (Lipinski definition) is 1. The number of carbonyl (C=O) groups is 3. The van der Waals surface area contributed by atoms with E-state index in [1.165, 1.54) is 0 Å². The number of unbranched alkanes of at least 4 members (excludes halogenated alkanes) is 3. The van der Waals surface area contributed by atoms with Crippen LogP contribution in [0.1, 0.15) is 51.9 Å². The van der Waals surface area contributed by atoms with Crippen LogP contribution in [-0.4, -0.2) is 71.2 Å². The van der Waals surface area contributed by atoms with Gasteiger partial charge in [-0.05, 0) is 68.5 Å². The molecule has 5 atom stereocenters. The second-order valence-electron chi connectivity index (χ2n) is 12.3. The molecule has 9 heteroatoms. The highest BCUT2D eigenvalue weighted by atomic mass is 35.5. The maximum atomic E-state index is 14.8. The molecule has 240 valence electrons. The predicted octanol–water partition coefficient (Wildman–Crippen LogP) is 5.79. The molecular formula is C36H44ClN3O5. The highest BCUT2D eigenvalue weighted by molar-refractivity contribution is 6.30. The largest absolute Gasteiger partial charge is 0.396 e. The summed E-state index contributed by atoms with van der Waals surface area (Å²) >= 11 is 6.17. The topological polar surface area (TPSA) is 90.4 Å². The molecule has 2 aromatic carbocycles. The number of ether oxygens (including phenoxy) is 1. The number of para-hydroxylation sites is 1. The summed E-state index contributed by atoms with van der Waals surface area (Å²) in [5.74, 6) is -2.18. The molecule has 0 saturated carbocycles. The average molecular weight is 634 g/mol. The van der Waals surface area contributed by atoms with Crippen LogP contribution < -0.4 is 9.80 Å². The van der Waals surface area contributed by atoms with Crippen molar-refractivity contribution in [2.75, 3.05) is 36.0 Å². The number of fused-ring (bicyclic) bond motifs is 1. The Morgan fingerprint density at radius 1 is 0.956 bits per heavy atom. The van der Waals surface area contributed by atoms with Gasteiger partial charge in [-0.1, -0.05) is 61.7 Å². The van der Waals surface area contributed by atoms with E-state index < -0.39 is 29.1 Å². The number of amides is 3. The van der Waals surface area contributed by atoms with Gasteiger partial charge in [-0.25, -0.2) is 0 Å². The Morgan fingerprint density at radius 2 is 1.58 bits per heavy atom. The lowest BCUT2D eigenvalue weighted by Crippen LogP contribution is -2.56. The van der Waals surface area contributed by atoms with E-state index in [-0.39, 0.29) is 37.4 Å². The number of anilines is 2. The third-order valence-corrected chi connectivity index (χ3v) is 10.1. The van der Waals surface area contributed by atoms with Gasteiger partial charge in [0.25, 0.3) is 5.91 Å². The number of likely N-dealkylation sites (tertiary alicyclic amines) is 1. The number of aliphatic hydroxyl groups is 1. The molecule has 0 radical (unpaired) electrons. The third kappa shape index (κ3) is 5.84. The molecule has 0 aromatic heterocycles. The lowest BCUT2D eigenvalue weighted by Gasteiger charge is -2.37. The Hall–Kier alpha value is -3.46. The Labute approximate surface area is 271 Å². The van der Waals surface area contributed by atoms with Crippen LogP contribution in [0, 0.1) is 11.8 Å². The molecule has 3 fully saturated rings. The van der Waals surface area contributed by atoms with Gasteiger partial charge in [-0.15, -0.1) is 13.2 Å². The SMILES string of the molecule is C=CCN(C(=O)C1N(CCCCCCO)C(=O)[C@@H]2[C@H](C(=O)N(CC=C)c3ccccc3)[C@]3(CC)CCC12O3)c1ccc(Cl)cc1. The molecule has 2 aromatic rings. The molecule has 5 rings (SSSR count). The minimum atomic E-state index is -1.14. The first-order valence-corrected chi connectivity index (χ1v) is 16.4. The van der Waals surface area contributed by atoms with Gasteiger partial charge in [0.05, 0.1) is 17.4 Å². The monoisotopic (exact) mass is 633 g/mol. The maximum absolute atomic E-state index is 14.8. The van der Waals surface area contributed by atoms with Crippen molar-refractivity contribution in [1.29, 1.82) is 0 Å². The summed E-state index contributed by atoms with van der Waals surface area (Å²) in [6.07, 6.45) is 7.97. The number of halogens is 1. The van der Waals surface area contributed by atoms with Crippen molar-refractivity contribution in [3.63, 3.8) is 0 Å². The van der Waals surface area contributed by atoms with Gasteiger partial charge in [-0.3, -0.25) is 14.4 Å². The van der Waals surface area contributed by atoms with E-state index in [0.29, 0.717) is 49.4 Å². The van der Waals surface area contributed by atoms with Crippen molar-refractivity contribution in [2.45, 2.75) is 69.1 Å². The van der Waals surface area contributed by atoms with Gasteiger partial charge in [0.2, 0.25) is 11.8 Å². The zero-order valence-corrected chi connectivity index (χ0v) is 26.8. The van der Waals surface area contributed by atoms with Crippen molar-refractivity contribution in [3.05, 3.63) is 84.9 Å². The molecule has 3 aliphatic rings. The Morgan fingerprint density at radius 3 is 2.20 bits per heavy atom. The van der Waals surface area contributed by atoms with Gasteiger partial charge in [0.15, 0.2) is 0 Å². The van der Waals surface area contributed by atoms with Crippen molar-refractivity contribution in [1.82, 2.24) is 4.90 Å². The summed E-state index contributed by atoms with van der Waals surface area (Å²) in [4.78, 5) is 49.1. The van der Waals surface area contributed by atoms with Crippen molar-refractivity contribution >= 4 is 40.7 Å². The number of nitrogens with zero attached hydrogens (tertiary/aromatic N) is 3. The molecule has 0 aliphatic carbocycles. The van der Waals surface area contributed by atoms with Crippen LogP contribution in [0.3, 0.4) is 0 Å². The fourth-order valence-corrected chi connectivity index (χ4v) is 7.93. The van der Waals surface area contributed by atoms with Crippen LogP contribution in [0.5, 0.6) is 0 Å². The van der Waals surface area contributed by atoms with Gasteiger partial charge in [0.1, 0.15) is 11.6 Å². The highest BCUT2D eigenvalue weighted by Gasteiger charge is 2.79. The van der Waals surface area contributed by atoms with E-state index >= 15 is 0 Å². The number of benzene rings is 2. The van der Waals surface area contributed by atoms with E-state index in [2.05, 4.69) is 13.2 Å². The summed E-state index contributed by atoms with van der Waals surface area (Å²) < 4.78 is 7.02. The van der Waals surface area contributed by atoms with Gasteiger partial charge in [-0.2, -0.15) is 0 Å². The lowest BCUT2D eigenvalue weighted by molar-refractivity contribution is -0.146. The van der Waals surface area contributed by atoms with Crippen LogP contribution in [0.4, 0.5) is 11.4 Å². The number of carbonyl (C=O) groups excluding carboxylic acids is 3. The van der Waals surface area contributed by atoms with E-state index in [1.807, 2.05) is 37.3 Å². The molecule has 1 N–H and O–H groups in total. The average Bonchev–Trinajstić information content (AvgIpc) is 3.66. The Balaban J connectivity index is 1.57. The summed E-state index contributed by atoms with van der Waals surface area (Å²) in [6, 6.07) is 15.6. The molecule has 3 amide bonds. The Kier molecular flexibility index (Phi) is 10.2. The van der Waals surface area contributed by atoms with Gasteiger partial charge < -0.3 is 24.5 Å². The number of rotatable bonds is 15. The molecule has 3 saturated heterocycles. The first kappa shape index (κ1) is 32.9. The van der Waals surface area contributed by atoms with Crippen LogP contribution in [0.15, 0.2) is 79.9 Å². The first-order chi connectivity index (χ1) is 21.8. The molecule has 1 spiro atoms. The molecule has 3 heterocycles. The maximum Gasteiger partial charge on any atom is 0.253 e. The second-order valence-corrected chi connectivity index (χ2v) is 12.7. The van der Waals surface area contributed by atoms with Crippen molar-refractivity contribution in [3.8, 4) is 0 Å². The van der Waals surface area contributed by atoms with Crippen molar-refractivity contribution < 1.29 is 24.2 Å². The van der Waals surface area contributed by atoms with E-state index in [4.69, 9.17) is 16.3 Å². The summed E-state index contributed by atoms with van der Waals surface area (Å²) in [7, 11) is 0. The smallest absolute Gasteiger partial charge is 0.253 e. The highest BCUT2D eigenvalue weighted by Crippen LogP contribution is 2.64. The molecule has 2 bridgehead atoms. The fraction of sp³-hybridized carbons (Fsp3) is 0.472. The molecular weight excluding hydrogens is 590 g/mol.